The second kappa shape index (κ2) is 8.39. The lowest BCUT2D eigenvalue weighted by atomic mass is 9.78. The van der Waals surface area contributed by atoms with E-state index < -0.39 is 0 Å². The van der Waals surface area contributed by atoms with Crippen molar-refractivity contribution in [3.8, 4) is 11.5 Å². The van der Waals surface area contributed by atoms with Crippen LogP contribution >= 0.6 is 0 Å². The molecule has 0 radical (unpaired) electrons. The lowest BCUT2D eigenvalue weighted by Gasteiger charge is -2.42. The van der Waals surface area contributed by atoms with Crippen LogP contribution in [0.3, 0.4) is 0 Å². The summed E-state index contributed by atoms with van der Waals surface area (Å²) in [7, 11) is 5.18. The van der Waals surface area contributed by atoms with E-state index in [4.69, 9.17) is 18.9 Å². The fraction of sp³-hybridized carbons (Fsp3) is 0.700. The molecule has 0 bridgehead atoms. The third-order valence-electron chi connectivity index (χ3n) is 5.79. The highest BCUT2D eigenvalue weighted by atomic mass is 16.5. The summed E-state index contributed by atoms with van der Waals surface area (Å²) in [5.41, 5.74) is 1.32. The molecular formula is C20H31NO4. The standard InChI is InChI=1S/C20H31NO4/c1-22-10-4-17-5-11-25-20(17)6-8-21(9-7-20)15-16-12-18(23-2)14-19(13-16)24-3/h12-14,17H,4-11,15H2,1-3H3/t17-/m0/s1. The molecule has 1 spiro atoms. The van der Waals surface area contributed by atoms with E-state index in [1.165, 1.54) is 12.0 Å². The van der Waals surface area contributed by atoms with Crippen molar-refractivity contribution in [3.63, 3.8) is 0 Å². The van der Waals surface area contributed by atoms with Gasteiger partial charge in [-0.3, -0.25) is 4.90 Å². The lowest BCUT2D eigenvalue weighted by Crippen LogP contribution is -2.47. The van der Waals surface area contributed by atoms with Crippen LogP contribution in [0, 0.1) is 5.92 Å². The van der Waals surface area contributed by atoms with Crippen LogP contribution in [0.2, 0.25) is 0 Å². The van der Waals surface area contributed by atoms with Gasteiger partial charge >= 0.3 is 0 Å². The second-order valence-electron chi connectivity index (χ2n) is 7.18. The smallest absolute Gasteiger partial charge is 0.122 e. The second-order valence-corrected chi connectivity index (χ2v) is 7.18. The van der Waals surface area contributed by atoms with Crippen molar-refractivity contribution in [2.24, 2.45) is 5.92 Å². The number of piperidine rings is 1. The average Bonchev–Trinajstić information content (AvgIpc) is 3.03. The molecule has 2 heterocycles. The molecular weight excluding hydrogens is 318 g/mol. The molecule has 2 saturated heterocycles. The molecule has 0 amide bonds. The molecule has 0 N–H and O–H groups in total. The van der Waals surface area contributed by atoms with E-state index in [2.05, 4.69) is 17.0 Å². The Kier molecular flexibility index (Phi) is 6.20. The Bertz CT molecular complexity index is 532. The van der Waals surface area contributed by atoms with Gasteiger partial charge in [0.05, 0.1) is 19.8 Å². The van der Waals surface area contributed by atoms with Crippen LogP contribution in [0.25, 0.3) is 0 Å². The van der Waals surface area contributed by atoms with Crippen LogP contribution in [0.1, 0.15) is 31.2 Å². The maximum absolute atomic E-state index is 6.24. The molecule has 0 unspecified atom stereocenters. The molecule has 1 aromatic carbocycles. The average molecular weight is 349 g/mol. The molecule has 2 fully saturated rings. The normalized spacial score (nSPS) is 23.1. The number of methoxy groups -OCH3 is 3. The van der Waals surface area contributed by atoms with Crippen molar-refractivity contribution in [3.05, 3.63) is 23.8 Å². The van der Waals surface area contributed by atoms with Gasteiger partial charge in [0.15, 0.2) is 0 Å². The summed E-state index contributed by atoms with van der Waals surface area (Å²) in [5, 5.41) is 0. The van der Waals surface area contributed by atoms with E-state index in [9.17, 15) is 0 Å². The van der Waals surface area contributed by atoms with Gasteiger partial charge in [-0.05, 0) is 49.3 Å². The van der Waals surface area contributed by atoms with Crippen LogP contribution < -0.4 is 9.47 Å². The summed E-state index contributed by atoms with van der Waals surface area (Å²) >= 11 is 0. The minimum Gasteiger partial charge on any atom is -0.497 e. The largest absolute Gasteiger partial charge is 0.497 e. The van der Waals surface area contributed by atoms with Gasteiger partial charge in [0.2, 0.25) is 0 Å². The fourth-order valence-electron chi connectivity index (χ4n) is 4.31. The molecule has 5 heteroatoms. The monoisotopic (exact) mass is 349 g/mol. The van der Waals surface area contributed by atoms with Crippen LogP contribution in [-0.2, 0) is 16.0 Å². The Labute approximate surface area is 151 Å². The van der Waals surface area contributed by atoms with E-state index in [1.54, 1.807) is 21.3 Å². The summed E-state index contributed by atoms with van der Waals surface area (Å²) < 4.78 is 22.3. The topological polar surface area (TPSA) is 40.2 Å². The Morgan fingerprint density at radius 2 is 1.76 bits per heavy atom. The van der Waals surface area contributed by atoms with Crippen LogP contribution in [-0.4, -0.2) is 58.1 Å². The molecule has 1 aromatic rings. The molecule has 1 atom stereocenters. The first kappa shape index (κ1) is 18.5. The van der Waals surface area contributed by atoms with Gasteiger partial charge in [-0.2, -0.15) is 0 Å². The third kappa shape index (κ3) is 4.27. The van der Waals surface area contributed by atoms with Crippen LogP contribution in [0.4, 0.5) is 0 Å². The van der Waals surface area contributed by atoms with Crippen LogP contribution in [0.15, 0.2) is 18.2 Å². The Balaban J connectivity index is 1.59. The van der Waals surface area contributed by atoms with E-state index >= 15 is 0 Å². The van der Waals surface area contributed by atoms with E-state index in [-0.39, 0.29) is 5.60 Å². The predicted octanol–water partition coefficient (Wildman–Crippen LogP) is 3.11. The Morgan fingerprint density at radius 1 is 1.08 bits per heavy atom. The summed E-state index contributed by atoms with van der Waals surface area (Å²) in [6.45, 7) is 4.81. The van der Waals surface area contributed by atoms with E-state index in [0.29, 0.717) is 5.92 Å². The first-order chi connectivity index (χ1) is 12.2. The van der Waals surface area contributed by atoms with Crippen molar-refractivity contribution in [1.82, 2.24) is 4.90 Å². The van der Waals surface area contributed by atoms with Crippen molar-refractivity contribution < 1.29 is 18.9 Å². The number of likely N-dealkylation sites (tertiary alicyclic amines) is 1. The number of hydrogen-bond acceptors (Lipinski definition) is 5. The highest BCUT2D eigenvalue weighted by molar-refractivity contribution is 5.38. The molecule has 2 aliphatic rings. The summed E-state index contributed by atoms with van der Waals surface area (Å²) in [4.78, 5) is 2.51. The molecule has 140 valence electrons. The first-order valence-corrected chi connectivity index (χ1v) is 9.26. The van der Waals surface area contributed by atoms with Gasteiger partial charge in [0.1, 0.15) is 11.5 Å². The van der Waals surface area contributed by atoms with Gasteiger partial charge in [-0.15, -0.1) is 0 Å². The molecule has 2 aliphatic heterocycles. The van der Waals surface area contributed by atoms with Gasteiger partial charge in [0.25, 0.3) is 0 Å². The highest BCUT2D eigenvalue weighted by Crippen LogP contribution is 2.42. The minimum atomic E-state index is 0.0844. The maximum Gasteiger partial charge on any atom is 0.122 e. The molecule has 0 aromatic heterocycles. The lowest BCUT2D eigenvalue weighted by molar-refractivity contribution is -0.0721. The number of nitrogens with zero attached hydrogens (tertiary/aromatic N) is 1. The van der Waals surface area contributed by atoms with Gasteiger partial charge in [-0.1, -0.05) is 0 Å². The zero-order chi connectivity index (χ0) is 17.7. The van der Waals surface area contributed by atoms with Gasteiger partial charge in [-0.25, -0.2) is 0 Å². The quantitative estimate of drug-likeness (QED) is 0.756. The summed E-state index contributed by atoms with van der Waals surface area (Å²) in [5.74, 6) is 2.34. The molecule has 0 aliphatic carbocycles. The fourth-order valence-corrected chi connectivity index (χ4v) is 4.31. The number of hydrogen-bond donors (Lipinski definition) is 0. The van der Waals surface area contributed by atoms with E-state index in [1.807, 2.05) is 6.07 Å². The van der Waals surface area contributed by atoms with Gasteiger partial charge < -0.3 is 18.9 Å². The van der Waals surface area contributed by atoms with Crippen molar-refractivity contribution in [1.29, 1.82) is 0 Å². The SMILES string of the molecule is COCC[C@H]1CCOC12CCN(Cc1cc(OC)cc(OC)c1)CC2. The predicted molar refractivity (Wildman–Crippen MR) is 97.3 cm³/mol. The molecule has 5 nitrogen and oxygen atoms in total. The zero-order valence-electron chi connectivity index (χ0n) is 15.8. The van der Waals surface area contributed by atoms with E-state index in [0.717, 1.165) is 63.6 Å². The molecule has 0 saturated carbocycles. The molecule has 3 rings (SSSR count). The maximum atomic E-state index is 6.24. The Hall–Kier alpha value is -1.30. The summed E-state index contributed by atoms with van der Waals surface area (Å²) in [6.07, 6.45) is 4.52. The third-order valence-corrected chi connectivity index (χ3v) is 5.79. The zero-order valence-corrected chi connectivity index (χ0v) is 15.8. The highest BCUT2D eigenvalue weighted by Gasteiger charge is 2.45. The number of rotatable bonds is 7. The molecule has 25 heavy (non-hydrogen) atoms. The van der Waals surface area contributed by atoms with Crippen molar-refractivity contribution in [2.45, 2.75) is 37.8 Å². The van der Waals surface area contributed by atoms with Gasteiger partial charge in [0, 0.05) is 46.0 Å². The summed E-state index contributed by atoms with van der Waals surface area (Å²) in [6, 6.07) is 6.11. The Morgan fingerprint density at radius 3 is 2.36 bits per heavy atom. The van der Waals surface area contributed by atoms with Crippen molar-refractivity contribution >= 4 is 0 Å². The van der Waals surface area contributed by atoms with Crippen LogP contribution in [0.5, 0.6) is 11.5 Å². The minimum absolute atomic E-state index is 0.0844. The first-order valence-electron chi connectivity index (χ1n) is 9.26. The van der Waals surface area contributed by atoms with Crippen molar-refractivity contribution in [2.75, 3.05) is 47.6 Å². The number of ether oxygens (including phenoxy) is 4. The number of benzene rings is 1.